The van der Waals surface area contributed by atoms with E-state index in [1.807, 2.05) is 13.8 Å². The maximum absolute atomic E-state index is 12.7. The molecule has 0 aliphatic carbocycles. The molecule has 27 heavy (non-hydrogen) atoms. The van der Waals surface area contributed by atoms with Gasteiger partial charge in [-0.3, -0.25) is 9.59 Å². The zero-order chi connectivity index (χ0) is 20.8. The highest BCUT2D eigenvalue weighted by Crippen LogP contribution is 2.17. The number of carbonyl (C=O) groups excluding carboxylic acids is 2. The van der Waals surface area contributed by atoms with E-state index < -0.39 is 34.0 Å². The van der Waals surface area contributed by atoms with Gasteiger partial charge in [0, 0.05) is 6.54 Å². The van der Waals surface area contributed by atoms with E-state index >= 15 is 0 Å². The Morgan fingerprint density at radius 1 is 1.19 bits per heavy atom. The van der Waals surface area contributed by atoms with E-state index in [1.54, 1.807) is 26.0 Å². The molecule has 150 valence electrons. The number of sulfonamides is 1. The van der Waals surface area contributed by atoms with Crippen LogP contribution in [0.1, 0.15) is 31.9 Å². The Morgan fingerprint density at radius 3 is 2.33 bits per heavy atom. The molecule has 0 aromatic heterocycles. The van der Waals surface area contributed by atoms with E-state index in [-0.39, 0.29) is 17.4 Å². The van der Waals surface area contributed by atoms with Crippen LogP contribution in [0.3, 0.4) is 0 Å². The molecule has 0 saturated heterocycles. The lowest BCUT2D eigenvalue weighted by atomic mass is 10.1. The van der Waals surface area contributed by atoms with E-state index in [4.69, 9.17) is 4.74 Å². The predicted octanol–water partition coefficient (Wildman–Crippen LogP) is 1.84. The third-order valence-electron chi connectivity index (χ3n) is 4.07. The Labute approximate surface area is 161 Å². The summed E-state index contributed by atoms with van der Waals surface area (Å²) >= 11 is 0. The fraction of sp³-hybridized carbons (Fsp3) is 0.474. The highest BCUT2D eigenvalue weighted by Gasteiger charge is 2.31. The number of rotatable bonds is 9. The van der Waals surface area contributed by atoms with Crippen LogP contribution >= 0.6 is 0 Å². The predicted molar refractivity (Wildman–Crippen MR) is 104 cm³/mol. The molecule has 0 heterocycles. The lowest BCUT2D eigenvalue weighted by molar-refractivity contribution is -0.157. The zero-order valence-electron chi connectivity index (χ0n) is 16.4. The largest absolute Gasteiger partial charge is 0.451 e. The molecule has 0 aliphatic heterocycles. The van der Waals surface area contributed by atoms with Crippen molar-refractivity contribution in [3.63, 3.8) is 0 Å². The first-order valence-corrected chi connectivity index (χ1v) is 10.2. The van der Waals surface area contributed by atoms with Gasteiger partial charge in [0.05, 0.1) is 4.90 Å². The first-order valence-electron chi connectivity index (χ1n) is 8.68. The van der Waals surface area contributed by atoms with Gasteiger partial charge < -0.3 is 10.1 Å². The molecular weight excluding hydrogens is 368 g/mol. The summed E-state index contributed by atoms with van der Waals surface area (Å²) in [5, 5.41) is 2.52. The van der Waals surface area contributed by atoms with Crippen molar-refractivity contribution in [1.29, 1.82) is 0 Å². The Bertz CT molecular complexity index is 802. The monoisotopic (exact) mass is 396 g/mol. The molecule has 0 radical (unpaired) electrons. The third kappa shape index (κ3) is 6.48. The molecule has 1 amide bonds. The quantitative estimate of drug-likeness (QED) is 0.490. The van der Waals surface area contributed by atoms with Gasteiger partial charge >= 0.3 is 5.97 Å². The van der Waals surface area contributed by atoms with Crippen molar-refractivity contribution < 1.29 is 22.7 Å². The number of aryl methyl sites for hydroxylation is 2. The van der Waals surface area contributed by atoms with Gasteiger partial charge in [-0.15, -0.1) is 6.58 Å². The number of esters is 1. The van der Waals surface area contributed by atoms with Crippen LogP contribution < -0.4 is 10.0 Å². The lowest BCUT2D eigenvalue weighted by Gasteiger charge is -2.23. The maximum atomic E-state index is 12.7. The fourth-order valence-corrected chi connectivity index (χ4v) is 3.61. The molecule has 2 N–H and O–H groups in total. The van der Waals surface area contributed by atoms with Crippen molar-refractivity contribution in [2.24, 2.45) is 5.92 Å². The van der Waals surface area contributed by atoms with Gasteiger partial charge in [0.25, 0.3) is 5.91 Å². The minimum absolute atomic E-state index is 0.0702. The maximum Gasteiger partial charge on any atom is 0.325 e. The van der Waals surface area contributed by atoms with Crippen LogP contribution in [0, 0.1) is 19.8 Å². The number of nitrogens with one attached hydrogen (secondary N) is 2. The average molecular weight is 397 g/mol. The second-order valence-electron chi connectivity index (χ2n) is 6.70. The summed E-state index contributed by atoms with van der Waals surface area (Å²) in [5.74, 6) is -1.66. The summed E-state index contributed by atoms with van der Waals surface area (Å²) in [6, 6.07) is 3.62. The van der Waals surface area contributed by atoms with Crippen LogP contribution in [-0.4, -0.2) is 39.0 Å². The summed E-state index contributed by atoms with van der Waals surface area (Å²) in [6.07, 6.45) is 0.450. The van der Waals surface area contributed by atoms with E-state index in [1.165, 1.54) is 19.1 Å². The summed E-state index contributed by atoms with van der Waals surface area (Å²) in [6.45, 7) is 12.2. The minimum Gasteiger partial charge on any atom is -0.451 e. The number of amides is 1. The van der Waals surface area contributed by atoms with Crippen molar-refractivity contribution in [2.75, 3.05) is 6.54 Å². The molecule has 0 spiro atoms. The number of hydrogen-bond donors (Lipinski definition) is 2. The summed E-state index contributed by atoms with van der Waals surface area (Å²) < 4.78 is 32.9. The smallest absolute Gasteiger partial charge is 0.325 e. The van der Waals surface area contributed by atoms with E-state index in [9.17, 15) is 18.0 Å². The number of carbonyl (C=O) groups is 2. The Kier molecular flexibility index (Phi) is 8.18. The highest BCUT2D eigenvalue weighted by atomic mass is 32.2. The van der Waals surface area contributed by atoms with Crippen molar-refractivity contribution in [1.82, 2.24) is 10.0 Å². The van der Waals surface area contributed by atoms with Crippen molar-refractivity contribution >= 4 is 21.9 Å². The first-order chi connectivity index (χ1) is 12.5. The molecule has 0 aliphatic rings. The zero-order valence-corrected chi connectivity index (χ0v) is 17.2. The molecular formula is C19H28N2O5S. The van der Waals surface area contributed by atoms with E-state index in [2.05, 4.69) is 16.6 Å². The fourth-order valence-electron chi connectivity index (χ4n) is 2.19. The third-order valence-corrected chi connectivity index (χ3v) is 5.51. The number of hydrogen-bond acceptors (Lipinski definition) is 5. The van der Waals surface area contributed by atoms with Crippen molar-refractivity contribution in [2.45, 2.75) is 51.7 Å². The van der Waals surface area contributed by atoms with Gasteiger partial charge in [-0.2, -0.15) is 4.72 Å². The van der Waals surface area contributed by atoms with Gasteiger partial charge in [0.1, 0.15) is 6.04 Å². The molecule has 0 unspecified atom stereocenters. The molecule has 7 nitrogen and oxygen atoms in total. The van der Waals surface area contributed by atoms with Crippen LogP contribution in [0.4, 0.5) is 0 Å². The second-order valence-corrected chi connectivity index (χ2v) is 8.42. The van der Waals surface area contributed by atoms with Crippen LogP contribution in [0.2, 0.25) is 0 Å². The van der Waals surface area contributed by atoms with Crippen LogP contribution in [-0.2, 0) is 24.3 Å². The molecule has 0 bridgehead atoms. The Balaban J connectivity index is 2.94. The first kappa shape index (κ1) is 22.9. The van der Waals surface area contributed by atoms with E-state index in [0.29, 0.717) is 0 Å². The molecule has 0 saturated carbocycles. The van der Waals surface area contributed by atoms with E-state index in [0.717, 1.165) is 11.1 Å². The van der Waals surface area contributed by atoms with Crippen molar-refractivity contribution in [3.05, 3.63) is 42.0 Å². The molecule has 1 rings (SSSR count). The SMILES string of the molecule is C=CCNC(=O)[C@H](C)OC(=O)[C@@H](NS(=O)(=O)c1ccc(C)c(C)c1)C(C)C. The van der Waals surface area contributed by atoms with Gasteiger partial charge in [0.2, 0.25) is 10.0 Å². The molecule has 1 aromatic carbocycles. The summed E-state index contributed by atoms with van der Waals surface area (Å²) in [7, 11) is -3.92. The number of benzene rings is 1. The number of ether oxygens (including phenoxy) is 1. The average Bonchev–Trinajstić information content (AvgIpc) is 2.59. The van der Waals surface area contributed by atoms with Crippen molar-refractivity contribution in [3.8, 4) is 0 Å². The normalized spacial score (nSPS) is 13.7. The summed E-state index contributed by atoms with van der Waals surface area (Å²) in [5.41, 5.74) is 1.79. The van der Waals surface area contributed by atoms with Crippen LogP contribution in [0.5, 0.6) is 0 Å². The lowest BCUT2D eigenvalue weighted by Crippen LogP contribution is -2.47. The van der Waals surface area contributed by atoms with Gasteiger partial charge in [0.15, 0.2) is 6.10 Å². The molecule has 1 aromatic rings. The van der Waals surface area contributed by atoms with Gasteiger partial charge in [-0.25, -0.2) is 8.42 Å². The van der Waals surface area contributed by atoms with Crippen LogP contribution in [0.15, 0.2) is 35.7 Å². The minimum atomic E-state index is -3.92. The Morgan fingerprint density at radius 2 is 1.81 bits per heavy atom. The molecule has 8 heteroatoms. The molecule has 2 atom stereocenters. The summed E-state index contributed by atoms with van der Waals surface area (Å²) in [4.78, 5) is 24.4. The Hall–Kier alpha value is -2.19. The highest BCUT2D eigenvalue weighted by molar-refractivity contribution is 7.89. The van der Waals surface area contributed by atoms with Crippen LogP contribution in [0.25, 0.3) is 0 Å². The molecule has 0 fully saturated rings. The standard InChI is InChI=1S/C19H28N2O5S/c1-7-10-20-18(22)15(6)26-19(23)17(12(2)3)21-27(24,25)16-9-8-13(4)14(5)11-16/h7-9,11-12,15,17,21H,1,10H2,2-6H3,(H,20,22)/t15-,17-/m0/s1. The van der Waals surface area contributed by atoms with Gasteiger partial charge in [-0.05, 0) is 49.9 Å². The topological polar surface area (TPSA) is 102 Å². The second kappa shape index (κ2) is 9.66. The van der Waals surface area contributed by atoms with Gasteiger partial charge in [-0.1, -0.05) is 26.0 Å².